The Morgan fingerprint density at radius 2 is 1.67 bits per heavy atom. The maximum absolute atomic E-state index is 10.2. The van der Waals surface area contributed by atoms with Gasteiger partial charge >= 0.3 is 29.6 Å². The number of carboxylic acids is 1. The van der Waals surface area contributed by atoms with Crippen molar-refractivity contribution >= 4 is 5.97 Å². The molecule has 0 aliphatic rings. The van der Waals surface area contributed by atoms with E-state index in [0.29, 0.717) is 12.8 Å². The predicted octanol–water partition coefficient (Wildman–Crippen LogP) is 0.857. The Balaban J connectivity index is 0. The minimum Gasteiger partial charge on any atom is -0.550 e. The van der Waals surface area contributed by atoms with Crippen molar-refractivity contribution in [2.24, 2.45) is 0 Å². The van der Waals surface area contributed by atoms with Gasteiger partial charge in [-0.2, -0.15) is 0 Å². The third-order valence-corrected chi connectivity index (χ3v) is 3.31. The quantitative estimate of drug-likeness (QED) is 0.220. The number of hydrogen-bond acceptors (Lipinski definition) is 3. The van der Waals surface area contributed by atoms with E-state index >= 15 is 0 Å². The molecule has 0 heterocycles. The van der Waals surface area contributed by atoms with Gasteiger partial charge in [0.25, 0.3) is 0 Å². The monoisotopic (exact) mass is 342 g/mol. The fourth-order valence-corrected chi connectivity index (χ4v) is 1.98. The molecule has 0 amide bonds. The summed E-state index contributed by atoms with van der Waals surface area (Å²) in [5, 5.41) is 19.8. The molecule has 0 aliphatic heterocycles. The predicted molar refractivity (Wildman–Crippen MR) is 94.8 cm³/mol. The number of carboxylic acid groups (broad SMARTS) is 1. The second-order valence-corrected chi connectivity index (χ2v) is 5.55. The molecule has 130 valence electrons. The molecule has 0 rings (SSSR count). The van der Waals surface area contributed by atoms with E-state index in [1.54, 1.807) is 12.2 Å². The summed E-state index contributed by atoms with van der Waals surface area (Å²) < 4.78 is 0. The topological polar surface area (TPSA) is 60.4 Å². The van der Waals surface area contributed by atoms with Gasteiger partial charge in [-0.3, -0.25) is 0 Å². The van der Waals surface area contributed by atoms with Gasteiger partial charge in [-0.1, -0.05) is 68.4 Å². The number of hydrogen-bond donors (Lipinski definition) is 1. The second kappa shape index (κ2) is 20.4. The molecule has 1 N–H and O–H groups in total. The number of unbranched alkanes of at least 4 members (excludes halogenated alkanes) is 3. The standard InChI is InChI=1S/C20H32O3.Na/c1-2-3-4-5-6-7-8-9-10-11-12-13-14-16-19(21)17-15-18-20(22)23;/h6-7,9-10,12-14,16,19,21H,2-5,8,11,15,17-18H2,1H3,(H,22,23);/q;+1/p-1/b7-6-,10-9-,13-12-,16-14+;/t19-;/m1./s1. The number of carbonyl (C=O) groups excluding carboxylic acids is 1. The minimum absolute atomic E-state index is 0. The molecule has 0 aromatic heterocycles. The van der Waals surface area contributed by atoms with Crippen LogP contribution in [0.3, 0.4) is 0 Å². The van der Waals surface area contributed by atoms with Crippen LogP contribution in [0.2, 0.25) is 0 Å². The number of aliphatic hydroxyl groups is 1. The summed E-state index contributed by atoms with van der Waals surface area (Å²) in [5.41, 5.74) is 0. The zero-order chi connectivity index (χ0) is 17.2. The molecule has 0 aliphatic carbocycles. The van der Waals surface area contributed by atoms with E-state index in [1.165, 1.54) is 25.7 Å². The Hall–Kier alpha value is -0.610. The summed E-state index contributed by atoms with van der Waals surface area (Å²) in [7, 11) is 0. The Morgan fingerprint density at radius 3 is 2.33 bits per heavy atom. The smallest absolute Gasteiger partial charge is 0.550 e. The van der Waals surface area contributed by atoms with Gasteiger partial charge in [0.2, 0.25) is 0 Å². The van der Waals surface area contributed by atoms with Crippen molar-refractivity contribution in [3.8, 4) is 0 Å². The molecule has 0 spiro atoms. The van der Waals surface area contributed by atoms with Crippen LogP contribution in [0.15, 0.2) is 48.6 Å². The zero-order valence-electron chi connectivity index (χ0n) is 15.3. The Morgan fingerprint density at radius 1 is 1.00 bits per heavy atom. The maximum atomic E-state index is 10.2. The van der Waals surface area contributed by atoms with Crippen LogP contribution in [0.25, 0.3) is 0 Å². The number of allylic oxidation sites excluding steroid dienone is 7. The molecule has 3 nitrogen and oxygen atoms in total. The first kappa shape index (κ1) is 25.6. The summed E-state index contributed by atoms with van der Waals surface area (Å²) in [4.78, 5) is 10.2. The second-order valence-electron chi connectivity index (χ2n) is 5.55. The first-order valence-electron chi connectivity index (χ1n) is 8.68. The third kappa shape index (κ3) is 21.4. The number of aliphatic hydroxyl groups excluding tert-OH is 1. The molecule has 0 unspecified atom stereocenters. The van der Waals surface area contributed by atoms with Gasteiger partial charge in [0, 0.05) is 5.97 Å². The molecular weight excluding hydrogens is 311 g/mol. The van der Waals surface area contributed by atoms with Crippen LogP contribution in [-0.4, -0.2) is 17.2 Å². The van der Waals surface area contributed by atoms with Crippen LogP contribution < -0.4 is 34.7 Å². The van der Waals surface area contributed by atoms with Crippen LogP contribution in [0.5, 0.6) is 0 Å². The van der Waals surface area contributed by atoms with Gasteiger partial charge in [0.15, 0.2) is 0 Å². The Kier molecular flexibility index (Phi) is 21.8. The molecule has 0 bridgehead atoms. The van der Waals surface area contributed by atoms with Crippen molar-refractivity contribution in [2.75, 3.05) is 0 Å². The van der Waals surface area contributed by atoms with E-state index in [2.05, 4.69) is 31.2 Å². The Labute approximate surface area is 169 Å². The van der Waals surface area contributed by atoms with Crippen LogP contribution >= 0.6 is 0 Å². The average Bonchev–Trinajstić information content (AvgIpc) is 2.51. The molecule has 0 fully saturated rings. The van der Waals surface area contributed by atoms with Crippen molar-refractivity contribution in [1.82, 2.24) is 0 Å². The van der Waals surface area contributed by atoms with Gasteiger partial charge < -0.3 is 15.0 Å². The SMILES string of the molecule is CCCCC/C=C\C/C=C\C/C=C\C=C\[C@@H](O)CCCC(=O)[O-].[Na+]. The largest absolute Gasteiger partial charge is 1.00 e. The van der Waals surface area contributed by atoms with Gasteiger partial charge in [0.1, 0.15) is 0 Å². The van der Waals surface area contributed by atoms with Gasteiger partial charge in [0.05, 0.1) is 6.10 Å². The minimum atomic E-state index is -1.07. The normalized spacial score (nSPS) is 13.2. The van der Waals surface area contributed by atoms with E-state index < -0.39 is 12.1 Å². The van der Waals surface area contributed by atoms with Crippen LogP contribution in [0.1, 0.15) is 64.7 Å². The van der Waals surface area contributed by atoms with Crippen LogP contribution in [-0.2, 0) is 4.79 Å². The summed E-state index contributed by atoms with van der Waals surface area (Å²) in [6.07, 6.45) is 23.3. The molecule has 0 saturated carbocycles. The molecule has 0 aromatic rings. The summed E-state index contributed by atoms with van der Waals surface area (Å²) >= 11 is 0. The number of aliphatic carboxylic acids is 1. The van der Waals surface area contributed by atoms with E-state index in [-0.39, 0.29) is 36.0 Å². The first-order valence-corrected chi connectivity index (χ1v) is 8.68. The Bertz CT molecular complexity index is 398. The zero-order valence-corrected chi connectivity index (χ0v) is 17.3. The number of rotatable bonds is 14. The molecule has 24 heavy (non-hydrogen) atoms. The number of carbonyl (C=O) groups is 1. The van der Waals surface area contributed by atoms with Gasteiger partial charge in [-0.05, 0) is 44.9 Å². The van der Waals surface area contributed by atoms with E-state index in [9.17, 15) is 15.0 Å². The van der Waals surface area contributed by atoms with Crippen molar-refractivity contribution < 1.29 is 44.6 Å². The van der Waals surface area contributed by atoms with E-state index in [4.69, 9.17) is 0 Å². The van der Waals surface area contributed by atoms with Gasteiger partial charge in [-0.25, -0.2) is 0 Å². The van der Waals surface area contributed by atoms with Crippen molar-refractivity contribution in [1.29, 1.82) is 0 Å². The molecule has 0 saturated heterocycles. The molecule has 0 aromatic carbocycles. The van der Waals surface area contributed by atoms with Crippen LogP contribution in [0, 0.1) is 0 Å². The van der Waals surface area contributed by atoms with Gasteiger partial charge in [-0.15, -0.1) is 0 Å². The van der Waals surface area contributed by atoms with Crippen LogP contribution in [0.4, 0.5) is 0 Å². The van der Waals surface area contributed by atoms with E-state index in [0.717, 1.165) is 12.8 Å². The van der Waals surface area contributed by atoms with Crippen molar-refractivity contribution in [2.45, 2.75) is 70.8 Å². The molecule has 1 atom stereocenters. The third-order valence-electron chi connectivity index (χ3n) is 3.31. The fourth-order valence-electron chi connectivity index (χ4n) is 1.98. The van der Waals surface area contributed by atoms with E-state index in [1.807, 2.05) is 12.2 Å². The maximum Gasteiger partial charge on any atom is 1.00 e. The first-order chi connectivity index (χ1) is 11.2. The summed E-state index contributed by atoms with van der Waals surface area (Å²) in [5.74, 6) is -1.07. The average molecular weight is 342 g/mol. The molecule has 0 radical (unpaired) electrons. The van der Waals surface area contributed by atoms with Crippen molar-refractivity contribution in [3.05, 3.63) is 48.6 Å². The summed E-state index contributed by atoms with van der Waals surface area (Å²) in [6, 6.07) is 0. The molecule has 4 heteroatoms. The molecular formula is C20H31NaO3. The fraction of sp³-hybridized carbons (Fsp3) is 0.550. The summed E-state index contributed by atoms with van der Waals surface area (Å²) in [6.45, 7) is 2.22. The van der Waals surface area contributed by atoms with Crippen molar-refractivity contribution in [3.63, 3.8) is 0 Å².